The maximum Gasteiger partial charge on any atom is 0.251 e. The summed E-state index contributed by atoms with van der Waals surface area (Å²) in [5.74, 6) is 1.05. The lowest BCUT2D eigenvalue weighted by molar-refractivity contribution is 0.0950. The van der Waals surface area contributed by atoms with Crippen LogP contribution in [0, 0.1) is 0 Å². The summed E-state index contributed by atoms with van der Waals surface area (Å²) in [7, 11) is 1.56. The van der Waals surface area contributed by atoms with Crippen molar-refractivity contribution in [3.8, 4) is 11.5 Å². The summed E-state index contributed by atoms with van der Waals surface area (Å²) in [4.78, 5) is 12.2. The quantitative estimate of drug-likeness (QED) is 0.889. The van der Waals surface area contributed by atoms with E-state index in [4.69, 9.17) is 9.47 Å². The summed E-state index contributed by atoms with van der Waals surface area (Å²) in [6, 6.07) is 15.0. The van der Waals surface area contributed by atoms with Crippen molar-refractivity contribution in [2.45, 2.75) is 26.5 Å². The highest BCUT2D eigenvalue weighted by Crippen LogP contribution is 2.28. The fraction of sp³-hybridized carbons (Fsp3) is 0.278. The van der Waals surface area contributed by atoms with Crippen molar-refractivity contribution in [1.82, 2.24) is 5.32 Å². The molecule has 4 nitrogen and oxygen atoms in total. The van der Waals surface area contributed by atoms with Crippen molar-refractivity contribution < 1.29 is 14.3 Å². The van der Waals surface area contributed by atoms with Crippen molar-refractivity contribution >= 4 is 5.91 Å². The standard InChI is InChI=1S/C18H21NO3/c1-13(2)22-16-10-9-15(11-17(16)21-3)18(20)19-12-14-7-5-4-6-8-14/h4-11,13H,12H2,1-3H3,(H,19,20). The Morgan fingerprint density at radius 3 is 2.45 bits per heavy atom. The van der Waals surface area contributed by atoms with Gasteiger partial charge in [-0.3, -0.25) is 4.79 Å². The van der Waals surface area contributed by atoms with E-state index in [1.807, 2.05) is 44.2 Å². The fourth-order valence-corrected chi connectivity index (χ4v) is 2.04. The third-order valence-corrected chi connectivity index (χ3v) is 3.08. The van der Waals surface area contributed by atoms with E-state index in [0.717, 1.165) is 5.56 Å². The van der Waals surface area contributed by atoms with Crippen LogP contribution in [-0.2, 0) is 6.54 Å². The van der Waals surface area contributed by atoms with Crippen LogP contribution < -0.4 is 14.8 Å². The Morgan fingerprint density at radius 2 is 1.82 bits per heavy atom. The van der Waals surface area contributed by atoms with Crippen LogP contribution in [0.25, 0.3) is 0 Å². The van der Waals surface area contributed by atoms with Gasteiger partial charge in [0.25, 0.3) is 5.91 Å². The summed E-state index contributed by atoms with van der Waals surface area (Å²) in [5, 5.41) is 2.89. The molecule has 0 bridgehead atoms. The van der Waals surface area contributed by atoms with Gasteiger partial charge in [0, 0.05) is 12.1 Å². The van der Waals surface area contributed by atoms with Gasteiger partial charge >= 0.3 is 0 Å². The predicted octanol–water partition coefficient (Wildman–Crippen LogP) is 3.41. The molecule has 0 fully saturated rings. The second kappa shape index (κ2) is 7.50. The summed E-state index contributed by atoms with van der Waals surface area (Å²) in [5.41, 5.74) is 1.60. The molecule has 0 spiro atoms. The van der Waals surface area contributed by atoms with Crippen LogP contribution in [0.4, 0.5) is 0 Å². The second-order valence-corrected chi connectivity index (χ2v) is 5.20. The average molecular weight is 299 g/mol. The van der Waals surface area contributed by atoms with Crippen LogP contribution in [0.2, 0.25) is 0 Å². The molecule has 2 aromatic rings. The zero-order valence-corrected chi connectivity index (χ0v) is 13.1. The normalized spacial score (nSPS) is 10.4. The van der Waals surface area contributed by atoms with Crippen molar-refractivity contribution in [1.29, 1.82) is 0 Å². The highest BCUT2D eigenvalue weighted by Gasteiger charge is 2.12. The number of carbonyl (C=O) groups excluding carboxylic acids is 1. The average Bonchev–Trinajstić information content (AvgIpc) is 2.53. The van der Waals surface area contributed by atoms with E-state index in [0.29, 0.717) is 23.6 Å². The lowest BCUT2D eigenvalue weighted by atomic mass is 10.1. The third kappa shape index (κ3) is 4.25. The Morgan fingerprint density at radius 1 is 1.09 bits per heavy atom. The first-order valence-corrected chi connectivity index (χ1v) is 7.27. The number of carbonyl (C=O) groups is 1. The molecule has 0 aliphatic rings. The van der Waals surface area contributed by atoms with Crippen LogP contribution in [-0.4, -0.2) is 19.1 Å². The van der Waals surface area contributed by atoms with Crippen molar-refractivity contribution in [2.24, 2.45) is 0 Å². The van der Waals surface area contributed by atoms with Crippen LogP contribution in [0.1, 0.15) is 29.8 Å². The molecule has 0 saturated heterocycles. The lowest BCUT2D eigenvalue weighted by Crippen LogP contribution is -2.22. The van der Waals surface area contributed by atoms with Gasteiger partial charge in [0.15, 0.2) is 11.5 Å². The Labute approximate surface area is 131 Å². The number of hydrogen-bond acceptors (Lipinski definition) is 3. The van der Waals surface area contributed by atoms with E-state index >= 15 is 0 Å². The molecule has 0 aromatic heterocycles. The summed E-state index contributed by atoms with van der Waals surface area (Å²) in [6.07, 6.45) is 0.0478. The zero-order chi connectivity index (χ0) is 15.9. The van der Waals surface area contributed by atoms with E-state index in [-0.39, 0.29) is 12.0 Å². The minimum atomic E-state index is -0.141. The maximum atomic E-state index is 12.2. The Hall–Kier alpha value is -2.49. The maximum absolute atomic E-state index is 12.2. The monoisotopic (exact) mass is 299 g/mol. The van der Waals surface area contributed by atoms with Crippen molar-refractivity contribution in [3.05, 3.63) is 59.7 Å². The van der Waals surface area contributed by atoms with Crippen molar-refractivity contribution in [2.75, 3.05) is 7.11 Å². The van der Waals surface area contributed by atoms with Gasteiger partial charge < -0.3 is 14.8 Å². The molecule has 22 heavy (non-hydrogen) atoms. The molecule has 1 N–H and O–H groups in total. The zero-order valence-electron chi connectivity index (χ0n) is 13.1. The molecule has 0 unspecified atom stereocenters. The molecule has 0 aliphatic heterocycles. The number of amides is 1. The lowest BCUT2D eigenvalue weighted by Gasteiger charge is -2.14. The molecular weight excluding hydrogens is 278 g/mol. The topological polar surface area (TPSA) is 47.6 Å². The van der Waals surface area contributed by atoms with Gasteiger partial charge in [-0.2, -0.15) is 0 Å². The van der Waals surface area contributed by atoms with Gasteiger partial charge in [0.1, 0.15) is 0 Å². The van der Waals surface area contributed by atoms with E-state index in [2.05, 4.69) is 5.32 Å². The van der Waals surface area contributed by atoms with Gasteiger partial charge in [0.2, 0.25) is 0 Å². The highest BCUT2D eigenvalue weighted by molar-refractivity contribution is 5.94. The third-order valence-electron chi connectivity index (χ3n) is 3.08. The second-order valence-electron chi connectivity index (χ2n) is 5.20. The molecule has 0 radical (unpaired) electrons. The Bertz CT molecular complexity index is 623. The first kappa shape index (κ1) is 15.9. The van der Waals surface area contributed by atoms with Gasteiger partial charge in [0.05, 0.1) is 13.2 Å². The molecule has 4 heteroatoms. The largest absolute Gasteiger partial charge is 0.493 e. The van der Waals surface area contributed by atoms with E-state index in [1.165, 1.54) is 0 Å². The molecule has 0 atom stereocenters. The van der Waals surface area contributed by atoms with Crippen LogP contribution in [0.3, 0.4) is 0 Å². The van der Waals surface area contributed by atoms with Gasteiger partial charge in [-0.15, -0.1) is 0 Å². The number of ether oxygens (including phenoxy) is 2. The van der Waals surface area contributed by atoms with Gasteiger partial charge in [-0.1, -0.05) is 30.3 Å². The molecule has 1 amide bonds. The van der Waals surface area contributed by atoms with Crippen LogP contribution in [0.15, 0.2) is 48.5 Å². The molecule has 116 valence electrons. The first-order valence-electron chi connectivity index (χ1n) is 7.27. The SMILES string of the molecule is COc1cc(C(=O)NCc2ccccc2)ccc1OC(C)C. The number of hydrogen-bond donors (Lipinski definition) is 1. The molecule has 2 aromatic carbocycles. The minimum absolute atomic E-state index is 0.0478. The molecule has 2 rings (SSSR count). The van der Waals surface area contributed by atoms with Gasteiger partial charge in [-0.05, 0) is 37.6 Å². The van der Waals surface area contributed by atoms with Crippen LogP contribution in [0.5, 0.6) is 11.5 Å². The number of nitrogens with one attached hydrogen (secondary N) is 1. The summed E-state index contributed by atoms with van der Waals surface area (Å²) in [6.45, 7) is 4.38. The van der Waals surface area contributed by atoms with Crippen LogP contribution >= 0.6 is 0 Å². The molecule has 0 saturated carbocycles. The number of benzene rings is 2. The molecule has 0 heterocycles. The smallest absolute Gasteiger partial charge is 0.251 e. The number of methoxy groups -OCH3 is 1. The van der Waals surface area contributed by atoms with Crippen molar-refractivity contribution in [3.63, 3.8) is 0 Å². The molecule has 0 aliphatic carbocycles. The van der Waals surface area contributed by atoms with E-state index in [1.54, 1.807) is 25.3 Å². The molecular formula is C18H21NO3. The summed E-state index contributed by atoms with van der Waals surface area (Å²) >= 11 is 0. The highest BCUT2D eigenvalue weighted by atomic mass is 16.5. The Kier molecular flexibility index (Phi) is 5.42. The first-order chi connectivity index (χ1) is 10.6. The summed E-state index contributed by atoms with van der Waals surface area (Å²) < 4.78 is 10.9. The number of rotatable bonds is 6. The fourth-order valence-electron chi connectivity index (χ4n) is 2.04. The Balaban J connectivity index is 2.06. The van der Waals surface area contributed by atoms with E-state index in [9.17, 15) is 4.79 Å². The predicted molar refractivity (Wildman–Crippen MR) is 86.4 cm³/mol. The minimum Gasteiger partial charge on any atom is -0.493 e. The van der Waals surface area contributed by atoms with Gasteiger partial charge in [-0.25, -0.2) is 0 Å². The van der Waals surface area contributed by atoms with E-state index < -0.39 is 0 Å².